The van der Waals surface area contributed by atoms with Crippen LogP contribution in [-0.2, 0) is 9.47 Å². The number of nitrogens with two attached hydrogens (primary N) is 1. The molecule has 11 nitrogen and oxygen atoms in total. The maximum atomic E-state index is 13.3. The first-order valence-corrected chi connectivity index (χ1v) is 11.3. The summed E-state index contributed by atoms with van der Waals surface area (Å²) >= 11 is 0. The smallest absolute Gasteiger partial charge is 0.419 e. The van der Waals surface area contributed by atoms with E-state index in [9.17, 15) is 4.79 Å². The highest BCUT2D eigenvalue weighted by atomic mass is 16.6. The zero-order valence-corrected chi connectivity index (χ0v) is 20.1. The van der Waals surface area contributed by atoms with Crippen LogP contribution < -0.4 is 15.4 Å². The first kappa shape index (κ1) is 22.8. The molecule has 2 N–H and O–H groups in total. The number of nitrogen functional groups attached to an aromatic ring is 1. The van der Waals surface area contributed by atoms with E-state index in [2.05, 4.69) is 19.9 Å². The second kappa shape index (κ2) is 8.66. The van der Waals surface area contributed by atoms with Gasteiger partial charge in [0.15, 0.2) is 17.0 Å². The molecule has 1 aliphatic heterocycles. The van der Waals surface area contributed by atoms with Crippen molar-refractivity contribution in [2.45, 2.75) is 26.4 Å². The largest absolute Gasteiger partial charge is 0.497 e. The van der Waals surface area contributed by atoms with Gasteiger partial charge in [-0.3, -0.25) is 0 Å². The van der Waals surface area contributed by atoms with Crippen molar-refractivity contribution in [3.63, 3.8) is 0 Å². The van der Waals surface area contributed by atoms with Crippen molar-refractivity contribution in [3.8, 4) is 17.1 Å². The summed E-state index contributed by atoms with van der Waals surface area (Å²) in [5.41, 5.74) is 7.82. The summed E-state index contributed by atoms with van der Waals surface area (Å²) in [6.07, 6.45) is 1.06. The van der Waals surface area contributed by atoms with Crippen molar-refractivity contribution in [2.75, 3.05) is 44.0 Å². The molecular formula is C24H27N7O4. The third-order valence-corrected chi connectivity index (χ3v) is 5.56. The summed E-state index contributed by atoms with van der Waals surface area (Å²) in [5, 5.41) is 0.800. The van der Waals surface area contributed by atoms with Gasteiger partial charge in [-0.15, -0.1) is 0 Å². The Morgan fingerprint density at radius 3 is 2.60 bits per heavy atom. The quantitative estimate of drug-likeness (QED) is 0.469. The summed E-state index contributed by atoms with van der Waals surface area (Å²) in [6, 6.07) is 7.34. The third-order valence-electron chi connectivity index (χ3n) is 5.56. The molecule has 4 heterocycles. The van der Waals surface area contributed by atoms with Gasteiger partial charge >= 0.3 is 6.09 Å². The van der Waals surface area contributed by atoms with Crippen molar-refractivity contribution in [1.82, 2.24) is 24.5 Å². The fourth-order valence-electron chi connectivity index (χ4n) is 4.04. The summed E-state index contributed by atoms with van der Waals surface area (Å²) in [6.45, 7) is 7.92. The highest BCUT2D eigenvalue weighted by Gasteiger charge is 2.25. The molecule has 1 fully saturated rings. The monoisotopic (exact) mass is 477 g/mol. The molecule has 1 aliphatic rings. The number of hydrogen-bond acceptors (Lipinski definition) is 10. The molecule has 1 saturated heterocycles. The number of benzene rings is 1. The molecule has 0 saturated carbocycles. The molecule has 182 valence electrons. The van der Waals surface area contributed by atoms with Crippen LogP contribution in [-0.4, -0.2) is 69.6 Å². The Morgan fingerprint density at radius 1 is 1.11 bits per heavy atom. The topological polar surface area (TPSA) is 131 Å². The van der Waals surface area contributed by atoms with Crippen LogP contribution in [0.5, 0.6) is 5.75 Å². The third kappa shape index (κ3) is 4.42. The summed E-state index contributed by atoms with van der Waals surface area (Å²) in [4.78, 5) is 33.4. The lowest BCUT2D eigenvalue weighted by atomic mass is 10.2. The molecule has 1 aromatic carbocycles. The summed E-state index contributed by atoms with van der Waals surface area (Å²) in [7, 11) is 1.60. The van der Waals surface area contributed by atoms with Crippen LogP contribution >= 0.6 is 0 Å². The van der Waals surface area contributed by atoms with Crippen molar-refractivity contribution >= 4 is 39.9 Å². The van der Waals surface area contributed by atoms with Crippen molar-refractivity contribution in [2.24, 2.45) is 0 Å². The van der Waals surface area contributed by atoms with Crippen molar-refractivity contribution in [1.29, 1.82) is 0 Å². The van der Waals surface area contributed by atoms with Crippen LogP contribution in [0.1, 0.15) is 20.8 Å². The van der Waals surface area contributed by atoms with E-state index in [0.717, 1.165) is 5.39 Å². The van der Waals surface area contributed by atoms with Gasteiger partial charge < -0.3 is 24.8 Å². The molecule has 0 atom stereocenters. The Labute approximate surface area is 201 Å². The Kier molecular flexibility index (Phi) is 5.64. The van der Waals surface area contributed by atoms with Crippen LogP contribution in [0.25, 0.3) is 33.5 Å². The van der Waals surface area contributed by atoms with Crippen LogP contribution in [0, 0.1) is 0 Å². The molecule has 0 radical (unpaired) electrons. The first-order valence-electron chi connectivity index (χ1n) is 11.3. The molecule has 0 spiro atoms. The molecule has 35 heavy (non-hydrogen) atoms. The van der Waals surface area contributed by atoms with E-state index in [1.54, 1.807) is 19.4 Å². The van der Waals surface area contributed by atoms with Crippen molar-refractivity contribution in [3.05, 3.63) is 30.5 Å². The fourth-order valence-corrected chi connectivity index (χ4v) is 4.04. The average Bonchev–Trinajstić information content (AvgIpc) is 3.21. The number of carbonyl (C=O) groups is 1. The highest BCUT2D eigenvalue weighted by molar-refractivity contribution is 5.97. The van der Waals surface area contributed by atoms with Crippen LogP contribution in [0.4, 0.5) is 16.6 Å². The number of morpholine rings is 1. The van der Waals surface area contributed by atoms with Gasteiger partial charge in [-0.1, -0.05) is 0 Å². The van der Waals surface area contributed by atoms with Crippen LogP contribution in [0.2, 0.25) is 0 Å². The summed E-state index contributed by atoms with van der Waals surface area (Å²) < 4.78 is 18.1. The fraction of sp³-hybridized carbons (Fsp3) is 0.375. The van der Waals surface area contributed by atoms with E-state index in [-0.39, 0.29) is 5.95 Å². The Bertz CT molecular complexity index is 1420. The maximum Gasteiger partial charge on any atom is 0.419 e. The number of rotatable bonds is 3. The molecule has 3 aromatic heterocycles. The lowest BCUT2D eigenvalue weighted by Crippen LogP contribution is -2.37. The van der Waals surface area contributed by atoms with Gasteiger partial charge in [0, 0.05) is 18.5 Å². The van der Waals surface area contributed by atoms with Gasteiger partial charge in [0.25, 0.3) is 0 Å². The normalized spacial score (nSPS) is 14.5. The Morgan fingerprint density at radius 2 is 1.89 bits per heavy atom. The number of hydrogen-bond donors (Lipinski definition) is 1. The molecule has 0 aliphatic carbocycles. The molecule has 0 bridgehead atoms. The zero-order chi connectivity index (χ0) is 24.7. The van der Waals surface area contributed by atoms with Gasteiger partial charge in [0.1, 0.15) is 17.0 Å². The number of fused-ring (bicyclic) bond motifs is 2. The minimum absolute atomic E-state index is 0.121. The van der Waals surface area contributed by atoms with Gasteiger partial charge in [0.05, 0.1) is 37.7 Å². The number of aromatic nitrogens is 5. The number of nitrogens with zero attached hydrogens (tertiary/aromatic N) is 6. The molecule has 5 rings (SSSR count). The molecule has 11 heteroatoms. The second-order valence-corrected chi connectivity index (χ2v) is 9.20. The molecular weight excluding hydrogens is 450 g/mol. The lowest BCUT2D eigenvalue weighted by molar-refractivity contribution is 0.0547. The average molecular weight is 478 g/mol. The van der Waals surface area contributed by atoms with E-state index in [1.165, 1.54) is 4.57 Å². The standard InChI is InChI=1S/C24H27N7O4/c1-24(2,3)35-23(32)31-17-6-5-15(33-4)11-14(17)12-18(31)16-13-26-20-19(27-16)21(29-22(25)28-20)30-7-9-34-10-8-30/h5-6,11-13H,7-10H2,1-4H3,(H2,25,26,28,29). The minimum atomic E-state index is -0.679. The maximum absolute atomic E-state index is 13.3. The molecule has 4 aromatic rings. The first-order chi connectivity index (χ1) is 16.7. The number of anilines is 2. The van der Waals surface area contributed by atoms with Gasteiger partial charge in [-0.05, 0) is 45.0 Å². The van der Waals surface area contributed by atoms with Gasteiger partial charge in [-0.2, -0.15) is 9.97 Å². The van der Waals surface area contributed by atoms with E-state index < -0.39 is 11.7 Å². The molecule has 0 unspecified atom stereocenters. The van der Waals surface area contributed by atoms with E-state index in [4.69, 9.17) is 24.9 Å². The van der Waals surface area contributed by atoms with Gasteiger partial charge in [0.2, 0.25) is 5.95 Å². The Hall–Kier alpha value is -3.99. The van der Waals surface area contributed by atoms with E-state index in [1.807, 2.05) is 39.0 Å². The van der Waals surface area contributed by atoms with Gasteiger partial charge in [-0.25, -0.2) is 19.3 Å². The van der Waals surface area contributed by atoms with E-state index >= 15 is 0 Å². The Balaban J connectivity index is 1.71. The van der Waals surface area contributed by atoms with Crippen LogP contribution in [0.15, 0.2) is 30.5 Å². The van der Waals surface area contributed by atoms with Crippen LogP contribution in [0.3, 0.4) is 0 Å². The second-order valence-electron chi connectivity index (χ2n) is 9.20. The predicted octanol–water partition coefficient (Wildman–Crippen LogP) is 3.25. The number of ether oxygens (including phenoxy) is 3. The van der Waals surface area contributed by atoms with E-state index in [0.29, 0.717) is 65.9 Å². The summed E-state index contributed by atoms with van der Waals surface area (Å²) in [5.74, 6) is 1.39. The SMILES string of the molecule is COc1ccc2c(c1)cc(-c1cnc3nc(N)nc(N4CCOCC4)c3n1)n2C(=O)OC(C)(C)C. The highest BCUT2D eigenvalue weighted by Crippen LogP contribution is 2.32. The number of methoxy groups -OCH3 is 1. The molecule has 0 amide bonds. The zero-order valence-electron chi connectivity index (χ0n) is 20.1. The minimum Gasteiger partial charge on any atom is -0.497 e. The number of carbonyl (C=O) groups excluding carboxylic acids is 1. The lowest BCUT2D eigenvalue weighted by Gasteiger charge is -2.28. The van der Waals surface area contributed by atoms with Crippen molar-refractivity contribution < 1.29 is 19.0 Å². The predicted molar refractivity (Wildman–Crippen MR) is 132 cm³/mol.